The number of oxime groups is 1. The smallest absolute Gasteiger partial charge is 0.416 e. The van der Waals surface area contributed by atoms with E-state index in [1.54, 1.807) is 0 Å². The quantitative estimate of drug-likeness (QED) is 0.210. The van der Waals surface area contributed by atoms with Crippen molar-refractivity contribution in [1.82, 2.24) is 0 Å². The first-order chi connectivity index (χ1) is 15.3. The van der Waals surface area contributed by atoms with E-state index in [1.165, 1.54) is 12.1 Å². The molecule has 0 aliphatic heterocycles. The van der Waals surface area contributed by atoms with Crippen molar-refractivity contribution in [2.24, 2.45) is 10.9 Å². The van der Waals surface area contributed by atoms with E-state index < -0.39 is 30.7 Å². The number of carboxylic acids is 2. The average Bonchev–Trinajstić information content (AvgIpc) is 2.70. The first-order valence-electron chi connectivity index (χ1n) is 10.1. The fourth-order valence-corrected chi connectivity index (χ4v) is 1.88. The van der Waals surface area contributed by atoms with Crippen molar-refractivity contribution >= 4 is 17.7 Å². The molecule has 0 heterocycles. The Morgan fingerprint density at radius 1 is 1.13 bits per heavy atom. The Bertz CT molecular complexity index is 781. The number of unbranched alkanes of at least 4 members (excludes halogenated alkanes) is 1. The van der Waals surface area contributed by atoms with Gasteiger partial charge in [0.25, 0.3) is 0 Å². The molecule has 30 heavy (non-hydrogen) atoms. The fourth-order valence-electron chi connectivity index (χ4n) is 1.88. The van der Waals surface area contributed by atoms with Gasteiger partial charge in [0.05, 0.1) is 15.4 Å². The monoisotopic (exact) mass is 437 g/mol. The second kappa shape index (κ2) is 15.0. The van der Waals surface area contributed by atoms with Crippen molar-refractivity contribution in [3.8, 4) is 0 Å². The van der Waals surface area contributed by atoms with Gasteiger partial charge in [-0.2, -0.15) is 13.2 Å². The third-order valence-corrected chi connectivity index (χ3v) is 3.21. The van der Waals surface area contributed by atoms with Crippen molar-refractivity contribution in [1.29, 1.82) is 0 Å². The van der Waals surface area contributed by atoms with Gasteiger partial charge in [-0.25, -0.2) is 9.59 Å². The Hall–Kier alpha value is -2.92. The highest BCUT2D eigenvalue weighted by molar-refractivity contribution is 6.00. The third-order valence-electron chi connectivity index (χ3n) is 3.21. The van der Waals surface area contributed by atoms with Gasteiger partial charge in [-0.15, -0.1) is 0 Å². The van der Waals surface area contributed by atoms with Crippen LogP contribution in [0.1, 0.15) is 34.5 Å². The summed E-state index contributed by atoms with van der Waals surface area (Å²) in [6.45, 7) is 0.503. The molecule has 1 aromatic carbocycles. The number of halogens is 3. The Morgan fingerprint density at radius 3 is 2.20 bits per heavy atom. The minimum absolute atomic E-state index is 0.0560. The molecule has 168 valence electrons. The number of aliphatic carboxylic acids is 2. The summed E-state index contributed by atoms with van der Waals surface area (Å²) in [7, 11) is -2.44. The molecular formula is C19H25F3N2O6. The molecule has 0 saturated carbocycles. The number of carbonyl (C=O) groups is 2. The van der Waals surface area contributed by atoms with E-state index in [0.717, 1.165) is 12.1 Å². The number of hydrogen-bond acceptors (Lipinski definition) is 6. The Kier molecular flexibility index (Phi) is 10.9. The zero-order chi connectivity index (χ0) is 25.5. The number of alkyl halides is 3. The summed E-state index contributed by atoms with van der Waals surface area (Å²) in [4.78, 5) is 24.1. The molecule has 1 rings (SSSR count). The molecule has 0 amide bonds. The van der Waals surface area contributed by atoms with E-state index in [2.05, 4.69) is 9.89 Å². The fraction of sp³-hybridized carbons (Fsp3) is 0.421. The number of nitrogens with two attached hydrogens (primary N) is 1. The highest BCUT2D eigenvalue weighted by atomic mass is 19.4. The van der Waals surface area contributed by atoms with Crippen molar-refractivity contribution in [2.45, 2.75) is 25.4 Å². The summed E-state index contributed by atoms with van der Waals surface area (Å²) in [5.41, 5.74) is 5.54. The number of benzene rings is 1. The Labute approximate surface area is 176 Å². The van der Waals surface area contributed by atoms with Crippen molar-refractivity contribution < 1.29 is 46.7 Å². The lowest BCUT2D eigenvalue weighted by Gasteiger charge is -2.10. The van der Waals surface area contributed by atoms with Crippen LogP contribution in [0.2, 0.25) is 0 Å². The summed E-state index contributed by atoms with van der Waals surface area (Å²) < 4.78 is 63.3. The van der Waals surface area contributed by atoms with Gasteiger partial charge in [-0.05, 0) is 37.0 Å². The molecular weight excluding hydrogens is 409 g/mol. The van der Waals surface area contributed by atoms with E-state index in [4.69, 9.17) is 24.9 Å². The standard InChI is InChI=1S/C15H21F3N2O2.C4H4O4/c1-21-10-3-2-4-14(20-22-11-9-19)12-5-7-13(8-6-12)15(16,17)18;5-3(6)1-2-4(7)8/h5-8H,2-4,9-11,19H2,1H3;1-2H,(H,5,6)(H,7,8)/b20-14-;2-1+/i1D3;. The van der Waals surface area contributed by atoms with Crippen LogP contribution in [0.15, 0.2) is 41.6 Å². The Balaban J connectivity index is 0.00000109. The van der Waals surface area contributed by atoms with Gasteiger partial charge in [0.2, 0.25) is 0 Å². The molecule has 0 aliphatic rings. The summed E-state index contributed by atoms with van der Waals surface area (Å²) in [6, 6.07) is 4.61. The van der Waals surface area contributed by atoms with Gasteiger partial charge in [-0.3, -0.25) is 0 Å². The molecule has 0 bridgehead atoms. The number of rotatable bonds is 11. The maximum atomic E-state index is 12.6. The van der Waals surface area contributed by atoms with Crippen LogP contribution >= 0.6 is 0 Å². The van der Waals surface area contributed by atoms with Crippen LogP contribution in [0, 0.1) is 0 Å². The van der Waals surface area contributed by atoms with E-state index >= 15 is 0 Å². The molecule has 11 heteroatoms. The molecule has 0 radical (unpaired) electrons. The number of methoxy groups -OCH3 is 1. The van der Waals surface area contributed by atoms with E-state index in [9.17, 15) is 22.8 Å². The van der Waals surface area contributed by atoms with Gasteiger partial charge in [0.1, 0.15) is 6.61 Å². The highest BCUT2D eigenvalue weighted by Crippen LogP contribution is 2.29. The second-order valence-corrected chi connectivity index (χ2v) is 5.55. The lowest BCUT2D eigenvalue weighted by atomic mass is 10.0. The van der Waals surface area contributed by atoms with Crippen LogP contribution in [-0.2, 0) is 25.3 Å². The molecule has 4 N–H and O–H groups in total. The van der Waals surface area contributed by atoms with Crippen molar-refractivity contribution in [2.75, 3.05) is 26.8 Å². The van der Waals surface area contributed by atoms with Crippen molar-refractivity contribution in [3.05, 3.63) is 47.5 Å². The normalized spacial score (nSPS) is 13.6. The maximum Gasteiger partial charge on any atom is 0.416 e. The second-order valence-electron chi connectivity index (χ2n) is 5.55. The predicted molar refractivity (Wildman–Crippen MR) is 103 cm³/mol. The summed E-state index contributed by atoms with van der Waals surface area (Å²) in [5.74, 6) is -2.51. The summed E-state index contributed by atoms with van der Waals surface area (Å²) in [6.07, 6.45) is -1.87. The lowest BCUT2D eigenvalue weighted by molar-refractivity contribution is -0.137. The largest absolute Gasteiger partial charge is 0.478 e. The predicted octanol–water partition coefficient (Wildman–Crippen LogP) is 2.91. The molecule has 0 aliphatic carbocycles. The molecule has 8 nitrogen and oxygen atoms in total. The summed E-state index contributed by atoms with van der Waals surface area (Å²) in [5, 5.41) is 19.5. The number of ether oxygens (including phenoxy) is 1. The molecule has 0 aromatic heterocycles. The first-order valence-corrected chi connectivity index (χ1v) is 8.60. The Morgan fingerprint density at radius 2 is 1.73 bits per heavy atom. The first kappa shape index (κ1) is 21.8. The minimum atomic E-state index is -4.40. The van der Waals surface area contributed by atoms with Gasteiger partial charge in [0, 0.05) is 32.3 Å². The van der Waals surface area contributed by atoms with Crippen LogP contribution < -0.4 is 5.73 Å². The van der Waals surface area contributed by atoms with E-state index in [0.29, 0.717) is 42.7 Å². The average molecular weight is 437 g/mol. The zero-order valence-corrected chi connectivity index (χ0v) is 15.9. The van der Waals surface area contributed by atoms with Crippen LogP contribution in [0.4, 0.5) is 13.2 Å². The zero-order valence-electron chi connectivity index (χ0n) is 18.9. The van der Waals surface area contributed by atoms with Gasteiger partial charge >= 0.3 is 18.1 Å². The lowest BCUT2D eigenvalue weighted by Crippen LogP contribution is -2.09. The third kappa shape index (κ3) is 13.3. The van der Waals surface area contributed by atoms with Gasteiger partial charge in [0.15, 0.2) is 0 Å². The maximum absolute atomic E-state index is 12.6. The highest BCUT2D eigenvalue weighted by Gasteiger charge is 2.30. The molecule has 0 fully saturated rings. The minimum Gasteiger partial charge on any atom is -0.478 e. The number of hydrogen-bond donors (Lipinski definition) is 3. The van der Waals surface area contributed by atoms with Crippen LogP contribution in [0.25, 0.3) is 0 Å². The SMILES string of the molecule is O=C(O)/C=C/C(=O)O.[2H]C([2H])([2H])OCCCC/C(=N/OCCN)c1ccc(C(F)(F)F)cc1. The molecule has 1 aromatic rings. The van der Waals surface area contributed by atoms with Gasteiger partial charge in [-0.1, -0.05) is 17.3 Å². The van der Waals surface area contributed by atoms with E-state index in [-0.39, 0.29) is 19.8 Å². The van der Waals surface area contributed by atoms with Crippen LogP contribution in [0.5, 0.6) is 0 Å². The van der Waals surface area contributed by atoms with E-state index in [1.807, 2.05) is 0 Å². The molecule has 0 saturated heterocycles. The number of nitrogens with zero attached hydrogens (tertiary/aromatic N) is 1. The van der Waals surface area contributed by atoms with Crippen LogP contribution in [-0.4, -0.2) is 54.7 Å². The van der Waals surface area contributed by atoms with Crippen LogP contribution in [0.3, 0.4) is 0 Å². The summed E-state index contributed by atoms with van der Waals surface area (Å²) >= 11 is 0. The molecule has 0 unspecified atom stereocenters. The number of carboxylic acid groups (broad SMARTS) is 2. The molecule has 0 atom stereocenters. The topological polar surface area (TPSA) is 131 Å². The van der Waals surface area contributed by atoms with Crippen molar-refractivity contribution in [3.63, 3.8) is 0 Å². The molecule has 0 spiro atoms. The van der Waals surface area contributed by atoms with Gasteiger partial charge < -0.3 is 25.5 Å².